The maximum Gasteiger partial charge on any atom is 0.194 e. The van der Waals surface area contributed by atoms with Crippen LogP contribution in [0.2, 0.25) is 0 Å². The van der Waals surface area contributed by atoms with Crippen molar-refractivity contribution in [1.82, 2.24) is 10.2 Å². The van der Waals surface area contributed by atoms with Crippen molar-refractivity contribution < 1.29 is 9.84 Å². The first-order valence-corrected chi connectivity index (χ1v) is 10.2. The van der Waals surface area contributed by atoms with E-state index >= 15 is 0 Å². The highest BCUT2D eigenvalue weighted by Crippen LogP contribution is 2.26. The van der Waals surface area contributed by atoms with Crippen LogP contribution in [0.3, 0.4) is 0 Å². The summed E-state index contributed by atoms with van der Waals surface area (Å²) in [5.41, 5.74) is 1.10. The van der Waals surface area contributed by atoms with Gasteiger partial charge in [-0.25, -0.2) is 4.99 Å². The predicted octanol–water partition coefficient (Wildman–Crippen LogP) is 3.53. The normalized spacial score (nSPS) is 19.9. The van der Waals surface area contributed by atoms with E-state index in [2.05, 4.69) is 17.1 Å². The number of aliphatic imine (C=N–C) groups is 1. The minimum atomic E-state index is 0.296. The number of hydrogen-bond acceptors (Lipinski definition) is 3. The lowest BCUT2D eigenvalue weighted by Gasteiger charge is -2.34. The van der Waals surface area contributed by atoms with E-state index in [1.807, 2.05) is 12.1 Å². The first-order chi connectivity index (χ1) is 12.7. The molecule has 2 N–H and O–H groups in total. The molecule has 3 rings (SSSR count). The van der Waals surface area contributed by atoms with E-state index in [0.717, 1.165) is 56.5 Å². The standard InChI is InChI=1S/C21H33N3O2/c1-2-22-21(23-15-17-7-9-19(25)10-8-17)24-13-11-20(12-14-24)26-16-18-5-3-4-6-18/h7-10,18,20,25H,2-6,11-16H2,1H3,(H,22,23). The fourth-order valence-corrected chi connectivity index (χ4v) is 3.88. The zero-order valence-electron chi connectivity index (χ0n) is 16.0. The van der Waals surface area contributed by atoms with Crippen molar-refractivity contribution in [1.29, 1.82) is 0 Å². The number of nitrogens with zero attached hydrogens (tertiary/aromatic N) is 2. The molecule has 0 spiro atoms. The fourth-order valence-electron chi connectivity index (χ4n) is 3.88. The minimum absolute atomic E-state index is 0.296. The molecule has 2 fully saturated rings. The summed E-state index contributed by atoms with van der Waals surface area (Å²) in [6.45, 7) is 6.55. The van der Waals surface area contributed by atoms with E-state index in [-0.39, 0.29) is 0 Å². The second-order valence-corrected chi connectivity index (χ2v) is 7.51. The van der Waals surface area contributed by atoms with Gasteiger partial charge in [-0.2, -0.15) is 0 Å². The maximum atomic E-state index is 9.39. The molecule has 1 aliphatic carbocycles. The van der Waals surface area contributed by atoms with Crippen molar-refractivity contribution in [2.24, 2.45) is 10.9 Å². The van der Waals surface area contributed by atoms with Gasteiger partial charge in [-0.05, 0) is 56.2 Å². The SMILES string of the molecule is CCNC(=NCc1ccc(O)cc1)N1CCC(OCC2CCCC2)CC1. The number of phenols is 1. The van der Waals surface area contributed by atoms with Gasteiger partial charge in [-0.15, -0.1) is 0 Å². The summed E-state index contributed by atoms with van der Waals surface area (Å²) in [5, 5.41) is 12.8. The van der Waals surface area contributed by atoms with Gasteiger partial charge in [0.05, 0.1) is 12.6 Å². The van der Waals surface area contributed by atoms with Gasteiger partial charge in [0, 0.05) is 26.2 Å². The van der Waals surface area contributed by atoms with Crippen LogP contribution in [0.25, 0.3) is 0 Å². The number of phenolic OH excluding ortho intramolecular Hbond substituents is 1. The summed E-state index contributed by atoms with van der Waals surface area (Å²) < 4.78 is 6.18. The molecular weight excluding hydrogens is 326 g/mol. The monoisotopic (exact) mass is 359 g/mol. The summed E-state index contributed by atoms with van der Waals surface area (Å²) in [7, 11) is 0. The molecule has 2 aliphatic rings. The molecule has 1 aromatic carbocycles. The van der Waals surface area contributed by atoms with Gasteiger partial charge in [0.2, 0.25) is 0 Å². The van der Waals surface area contributed by atoms with E-state index in [4.69, 9.17) is 9.73 Å². The molecule has 5 nitrogen and oxygen atoms in total. The third-order valence-corrected chi connectivity index (χ3v) is 5.47. The smallest absolute Gasteiger partial charge is 0.194 e. The Bertz CT molecular complexity index is 559. The Kier molecular flexibility index (Phi) is 7.18. The molecule has 1 aromatic rings. The van der Waals surface area contributed by atoms with E-state index in [1.54, 1.807) is 12.1 Å². The maximum absolute atomic E-state index is 9.39. The van der Waals surface area contributed by atoms with Crippen LogP contribution in [0.1, 0.15) is 51.0 Å². The van der Waals surface area contributed by atoms with Crippen LogP contribution in [0, 0.1) is 5.92 Å². The summed E-state index contributed by atoms with van der Waals surface area (Å²) in [4.78, 5) is 7.13. The van der Waals surface area contributed by atoms with E-state index in [1.165, 1.54) is 25.7 Å². The summed E-state index contributed by atoms with van der Waals surface area (Å²) >= 11 is 0. The molecule has 0 bridgehead atoms. The molecule has 1 saturated carbocycles. The van der Waals surface area contributed by atoms with Crippen molar-refractivity contribution in [2.45, 2.75) is 58.1 Å². The number of hydrogen-bond donors (Lipinski definition) is 2. The molecule has 0 amide bonds. The Morgan fingerprint density at radius 1 is 1.15 bits per heavy atom. The van der Waals surface area contributed by atoms with Crippen molar-refractivity contribution in [3.63, 3.8) is 0 Å². The third kappa shape index (κ3) is 5.63. The van der Waals surface area contributed by atoms with Crippen molar-refractivity contribution in [3.05, 3.63) is 29.8 Å². The fraction of sp³-hybridized carbons (Fsp3) is 0.667. The molecule has 1 aliphatic heterocycles. The lowest BCUT2D eigenvalue weighted by atomic mass is 10.1. The Morgan fingerprint density at radius 2 is 1.85 bits per heavy atom. The van der Waals surface area contributed by atoms with Gasteiger partial charge in [0.25, 0.3) is 0 Å². The largest absolute Gasteiger partial charge is 0.508 e. The number of likely N-dealkylation sites (tertiary alicyclic amines) is 1. The lowest BCUT2D eigenvalue weighted by Crippen LogP contribution is -2.47. The summed E-state index contributed by atoms with van der Waals surface area (Å²) in [6, 6.07) is 7.27. The number of aromatic hydroxyl groups is 1. The molecule has 5 heteroatoms. The number of nitrogens with one attached hydrogen (secondary N) is 1. The highest BCUT2D eigenvalue weighted by Gasteiger charge is 2.23. The highest BCUT2D eigenvalue weighted by atomic mass is 16.5. The third-order valence-electron chi connectivity index (χ3n) is 5.47. The Hall–Kier alpha value is -1.75. The number of piperidine rings is 1. The lowest BCUT2D eigenvalue weighted by molar-refractivity contribution is 0.00101. The highest BCUT2D eigenvalue weighted by molar-refractivity contribution is 5.80. The first-order valence-electron chi connectivity index (χ1n) is 10.2. The molecule has 0 aromatic heterocycles. The zero-order valence-corrected chi connectivity index (χ0v) is 16.0. The van der Waals surface area contributed by atoms with Crippen LogP contribution >= 0.6 is 0 Å². The average molecular weight is 360 g/mol. The second-order valence-electron chi connectivity index (χ2n) is 7.51. The van der Waals surface area contributed by atoms with Crippen molar-refractivity contribution in [3.8, 4) is 5.75 Å². The summed E-state index contributed by atoms with van der Waals surface area (Å²) in [5.74, 6) is 2.08. The Labute approximate surface area is 157 Å². The predicted molar refractivity (Wildman–Crippen MR) is 105 cm³/mol. The van der Waals surface area contributed by atoms with Gasteiger partial charge < -0.3 is 20.1 Å². The van der Waals surface area contributed by atoms with Crippen LogP contribution in [0.4, 0.5) is 0 Å². The Balaban J connectivity index is 1.47. The minimum Gasteiger partial charge on any atom is -0.508 e. The van der Waals surface area contributed by atoms with E-state index < -0.39 is 0 Å². The average Bonchev–Trinajstić information content (AvgIpc) is 3.19. The molecule has 1 saturated heterocycles. The Morgan fingerprint density at radius 3 is 2.50 bits per heavy atom. The number of ether oxygens (including phenoxy) is 1. The van der Waals surface area contributed by atoms with Crippen LogP contribution in [-0.2, 0) is 11.3 Å². The first kappa shape index (κ1) is 19.0. The number of guanidine groups is 1. The molecule has 0 unspecified atom stereocenters. The van der Waals surface area contributed by atoms with Crippen LogP contribution in [-0.4, -0.2) is 48.3 Å². The number of benzene rings is 1. The van der Waals surface area contributed by atoms with Crippen LogP contribution in [0.5, 0.6) is 5.75 Å². The van der Waals surface area contributed by atoms with Gasteiger partial charge in [-0.1, -0.05) is 25.0 Å². The molecule has 1 heterocycles. The van der Waals surface area contributed by atoms with Gasteiger partial charge in [0.1, 0.15) is 5.75 Å². The molecule has 0 atom stereocenters. The quantitative estimate of drug-likeness (QED) is 0.603. The van der Waals surface area contributed by atoms with Gasteiger partial charge >= 0.3 is 0 Å². The number of rotatable bonds is 6. The second kappa shape index (κ2) is 9.81. The summed E-state index contributed by atoms with van der Waals surface area (Å²) in [6.07, 6.45) is 8.05. The van der Waals surface area contributed by atoms with Crippen molar-refractivity contribution >= 4 is 5.96 Å². The van der Waals surface area contributed by atoms with E-state index in [0.29, 0.717) is 18.4 Å². The topological polar surface area (TPSA) is 57.1 Å². The zero-order chi connectivity index (χ0) is 18.2. The van der Waals surface area contributed by atoms with Crippen LogP contribution in [0.15, 0.2) is 29.3 Å². The van der Waals surface area contributed by atoms with Gasteiger partial charge in [0.15, 0.2) is 5.96 Å². The van der Waals surface area contributed by atoms with Crippen LogP contribution < -0.4 is 5.32 Å². The molecule has 26 heavy (non-hydrogen) atoms. The van der Waals surface area contributed by atoms with E-state index in [9.17, 15) is 5.11 Å². The molecule has 0 radical (unpaired) electrons. The van der Waals surface area contributed by atoms with Crippen molar-refractivity contribution in [2.75, 3.05) is 26.2 Å². The van der Waals surface area contributed by atoms with Gasteiger partial charge in [-0.3, -0.25) is 0 Å². The molecule has 144 valence electrons. The molecular formula is C21H33N3O2.